The summed E-state index contributed by atoms with van der Waals surface area (Å²) in [5.41, 5.74) is 1.47. The molecule has 1 aromatic rings. The standard InChI is InChI=1S/C9H7NO3S2/c1-5-4-15-10(13)7(5)6-2-3-14-8(6)9(11)12/h2-4,7H,1H3/p+1. The van der Waals surface area contributed by atoms with Crippen LogP contribution in [0.25, 0.3) is 0 Å². The highest BCUT2D eigenvalue weighted by molar-refractivity contribution is 7.96. The highest BCUT2D eigenvalue weighted by Crippen LogP contribution is 2.39. The van der Waals surface area contributed by atoms with Gasteiger partial charge in [0.15, 0.2) is 0 Å². The third kappa shape index (κ3) is 1.70. The topological polar surface area (TPSA) is 57.4 Å². The van der Waals surface area contributed by atoms with Crippen LogP contribution in [0.3, 0.4) is 0 Å². The molecular formula is C9H8NO3S2+. The molecule has 1 unspecified atom stereocenters. The van der Waals surface area contributed by atoms with E-state index < -0.39 is 12.0 Å². The van der Waals surface area contributed by atoms with E-state index >= 15 is 0 Å². The normalized spacial score (nSPS) is 20.5. The minimum absolute atomic E-state index is 0.246. The average molecular weight is 242 g/mol. The second-order valence-corrected chi connectivity index (χ2v) is 4.89. The zero-order valence-electron chi connectivity index (χ0n) is 7.84. The molecule has 0 radical (unpaired) electrons. The van der Waals surface area contributed by atoms with E-state index in [-0.39, 0.29) is 4.88 Å². The van der Waals surface area contributed by atoms with Crippen molar-refractivity contribution in [2.24, 2.45) is 0 Å². The second kappa shape index (κ2) is 3.79. The molecule has 0 amide bonds. The third-order valence-electron chi connectivity index (χ3n) is 2.17. The van der Waals surface area contributed by atoms with Gasteiger partial charge in [0.2, 0.25) is 11.9 Å². The largest absolute Gasteiger partial charge is 0.477 e. The molecule has 15 heavy (non-hydrogen) atoms. The number of nitrogens with zero attached hydrogens (tertiary/aromatic N) is 1. The van der Waals surface area contributed by atoms with E-state index in [1.807, 2.05) is 6.92 Å². The minimum atomic E-state index is -0.974. The maximum atomic E-state index is 11.5. The molecule has 2 rings (SSSR count). The molecule has 0 saturated carbocycles. The van der Waals surface area contributed by atoms with Crippen LogP contribution in [0.1, 0.15) is 28.2 Å². The number of carbonyl (C=O) groups is 1. The summed E-state index contributed by atoms with van der Waals surface area (Å²) >= 11 is 2.21. The summed E-state index contributed by atoms with van der Waals surface area (Å²) in [5.74, 6) is -0.974. The van der Waals surface area contributed by atoms with Crippen LogP contribution in [-0.4, -0.2) is 15.2 Å². The summed E-state index contributed by atoms with van der Waals surface area (Å²) in [6.45, 7) is 1.83. The van der Waals surface area contributed by atoms with Crippen molar-refractivity contribution in [1.82, 2.24) is 0 Å². The van der Waals surface area contributed by atoms with Crippen LogP contribution < -0.4 is 0 Å². The Labute approximate surface area is 94.3 Å². The fraction of sp³-hybridized carbons (Fsp3) is 0.222. The van der Waals surface area contributed by atoms with Gasteiger partial charge >= 0.3 is 5.97 Å². The van der Waals surface area contributed by atoms with Crippen molar-refractivity contribution in [3.05, 3.63) is 37.8 Å². The number of carboxylic acids is 1. The van der Waals surface area contributed by atoms with Crippen molar-refractivity contribution in [3.8, 4) is 0 Å². The van der Waals surface area contributed by atoms with E-state index in [0.29, 0.717) is 5.56 Å². The summed E-state index contributed by atoms with van der Waals surface area (Å²) in [4.78, 5) is 22.7. The average Bonchev–Trinajstić information content (AvgIpc) is 2.73. The van der Waals surface area contributed by atoms with Crippen LogP contribution >= 0.6 is 23.3 Å². The molecule has 1 N–H and O–H groups in total. The number of thiophene rings is 1. The lowest BCUT2D eigenvalue weighted by atomic mass is 10.0. The van der Waals surface area contributed by atoms with Gasteiger partial charge in [-0.1, -0.05) is 0 Å². The van der Waals surface area contributed by atoms with Gasteiger partial charge in [0.05, 0.1) is 15.1 Å². The number of carboxylic acid groups (broad SMARTS) is 1. The fourth-order valence-corrected chi connectivity index (χ4v) is 3.06. The number of rotatable bonds is 2. The molecule has 0 bridgehead atoms. The lowest BCUT2D eigenvalue weighted by molar-refractivity contribution is -0.409. The first-order valence-electron chi connectivity index (χ1n) is 4.21. The Morgan fingerprint density at radius 2 is 2.33 bits per heavy atom. The molecule has 4 nitrogen and oxygen atoms in total. The number of hydrogen-bond acceptors (Lipinski definition) is 4. The van der Waals surface area contributed by atoms with Crippen LogP contribution in [0.15, 0.2) is 22.4 Å². The Morgan fingerprint density at radius 1 is 1.60 bits per heavy atom. The SMILES string of the molecule is CC1=CS[N+](=O)C1c1ccsc1C(=O)O. The zero-order valence-corrected chi connectivity index (χ0v) is 9.47. The van der Waals surface area contributed by atoms with Crippen LogP contribution in [0.2, 0.25) is 0 Å². The van der Waals surface area contributed by atoms with Gasteiger partial charge in [0.1, 0.15) is 4.88 Å². The van der Waals surface area contributed by atoms with Crippen molar-refractivity contribution in [2.75, 3.05) is 0 Å². The molecular weight excluding hydrogens is 234 g/mol. The molecule has 0 fully saturated rings. The maximum Gasteiger partial charge on any atom is 0.346 e. The molecule has 0 aromatic carbocycles. The Hall–Kier alpha value is -1.14. The van der Waals surface area contributed by atoms with Gasteiger partial charge in [0.25, 0.3) is 6.04 Å². The molecule has 1 aliphatic heterocycles. The van der Waals surface area contributed by atoms with Gasteiger partial charge in [-0.05, 0) is 18.4 Å². The Balaban J connectivity index is 2.45. The smallest absolute Gasteiger partial charge is 0.346 e. The van der Waals surface area contributed by atoms with Crippen LogP contribution in [0.4, 0.5) is 0 Å². The zero-order chi connectivity index (χ0) is 11.0. The first-order chi connectivity index (χ1) is 7.11. The highest BCUT2D eigenvalue weighted by Gasteiger charge is 2.39. The first-order valence-corrected chi connectivity index (χ1v) is 5.93. The van der Waals surface area contributed by atoms with Crippen molar-refractivity contribution >= 4 is 29.3 Å². The van der Waals surface area contributed by atoms with E-state index in [0.717, 1.165) is 33.0 Å². The summed E-state index contributed by atoms with van der Waals surface area (Å²) in [6.07, 6.45) is 0. The predicted molar refractivity (Wildman–Crippen MR) is 59.0 cm³/mol. The van der Waals surface area contributed by atoms with Gasteiger partial charge in [-0.3, -0.25) is 0 Å². The van der Waals surface area contributed by atoms with E-state index in [2.05, 4.69) is 0 Å². The van der Waals surface area contributed by atoms with Gasteiger partial charge < -0.3 is 5.11 Å². The molecule has 1 aliphatic rings. The molecule has 1 aromatic heterocycles. The third-order valence-corrected chi connectivity index (χ3v) is 3.98. The summed E-state index contributed by atoms with van der Waals surface area (Å²) in [7, 11) is 0. The van der Waals surface area contributed by atoms with Gasteiger partial charge in [-0.15, -0.1) is 11.3 Å². The quantitative estimate of drug-likeness (QED) is 0.640. The highest BCUT2D eigenvalue weighted by atomic mass is 32.2. The Bertz CT molecular complexity index is 464. The van der Waals surface area contributed by atoms with Crippen molar-refractivity contribution in [3.63, 3.8) is 0 Å². The monoisotopic (exact) mass is 242 g/mol. The number of hydrogen-bond donors (Lipinski definition) is 1. The molecule has 78 valence electrons. The van der Waals surface area contributed by atoms with Crippen molar-refractivity contribution in [2.45, 2.75) is 13.0 Å². The summed E-state index contributed by atoms with van der Waals surface area (Å²) in [6, 6.07) is 1.25. The Kier molecular flexibility index (Phi) is 2.62. The van der Waals surface area contributed by atoms with Crippen LogP contribution in [-0.2, 0) is 0 Å². The van der Waals surface area contributed by atoms with Gasteiger partial charge in [0, 0.05) is 10.5 Å². The molecule has 6 heteroatoms. The molecule has 1 atom stereocenters. The second-order valence-electron chi connectivity index (χ2n) is 3.17. The fourth-order valence-electron chi connectivity index (χ4n) is 1.49. The Morgan fingerprint density at radius 3 is 2.87 bits per heavy atom. The van der Waals surface area contributed by atoms with Gasteiger partial charge in [-0.25, -0.2) is 4.79 Å². The van der Waals surface area contributed by atoms with E-state index in [1.54, 1.807) is 16.9 Å². The lowest BCUT2D eigenvalue weighted by Gasteiger charge is -2.01. The predicted octanol–water partition coefficient (Wildman–Crippen LogP) is 2.83. The van der Waals surface area contributed by atoms with Crippen molar-refractivity contribution in [1.29, 1.82) is 0 Å². The van der Waals surface area contributed by atoms with Gasteiger partial charge in [-0.2, -0.15) is 0 Å². The summed E-state index contributed by atoms with van der Waals surface area (Å²) < 4.78 is 0.823. The molecule has 0 aliphatic carbocycles. The van der Waals surface area contributed by atoms with Crippen molar-refractivity contribution < 1.29 is 14.1 Å². The lowest BCUT2D eigenvalue weighted by Crippen LogP contribution is -2.09. The molecule has 2 heterocycles. The molecule has 0 spiro atoms. The van der Waals surface area contributed by atoms with E-state index in [1.165, 1.54) is 0 Å². The van der Waals surface area contributed by atoms with E-state index in [4.69, 9.17) is 5.11 Å². The molecule has 0 saturated heterocycles. The maximum absolute atomic E-state index is 11.5. The first kappa shape index (κ1) is 10.4. The van der Waals surface area contributed by atoms with Crippen LogP contribution in [0, 0.1) is 4.91 Å². The number of nitroso groups, excluding NO2 is 1. The van der Waals surface area contributed by atoms with E-state index in [9.17, 15) is 9.70 Å². The number of aromatic carboxylic acids is 1. The summed E-state index contributed by atoms with van der Waals surface area (Å²) in [5, 5.41) is 12.4. The minimum Gasteiger partial charge on any atom is -0.477 e. The van der Waals surface area contributed by atoms with Crippen LogP contribution in [0.5, 0.6) is 0 Å².